The highest BCUT2D eigenvalue weighted by Gasteiger charge is 2.15. The van der Waals surface area contributed by atoms with E-state index < -0.39 is 0 Å². The number of allylic oxidation sites excluding steroid dienone is 1. The first-order valence-corrected chi connectivity index (χ1v) is 7.60. The van der Waals surface area contributed by atoms with Gasteiger partial charge in [0.05, 0.1) is 33.0 Å². The summed E-state index contributed by atoms with van der Waals surface area (Å²) in [5.41, 5.74) is 2.12. The Labute approximate surface area is 144 Å². The third kappa shape index (κ3) is 3.85. The van der Waals surface area contributed by atoms with Crippen molar-refractivity contribution in [3.05, 3.63) is 52.0 Å². The highest BCUT2D eigenvalue weighted by molar-refractivity contribution is 9.10. The molecule has 0 saturated heterocycles. The SMILES string of the molecule is COc1cc(/C(C#N)=C/c2cccc(Br)c2)cc(OC)c1OC. The minimum atomic E-state index is 0.499. The summed E-state index contributed by atoms with van der Waals surface area (Å²) in [4.78, 5) is 0. The zero-order valence-electron chi connectivity index (χ0n) is 13.1. The van der Waals surface area contributed by atoms with Crippen molar-refractivity contribution >= 4 is 27.6 Å². The second-order valence-corrected chi connectivity index (χ2v) is 5.55. The summed E-state index contributed by atoms with van der Waals surface area (Å²) in [6.45, 7) is 0. The van der Waals surface area contributed by atoms with Crippen LogP contribution < -0.4 is 14.2 Å². The first-order chi connectivity index (χ1) is 11.1. The van der Waals surface area contributed by atoms with Crippen LogP contribution in [-0.4, -0.2) is 21.3 Å². The molecule has 0 spiro atoms. The third-order valence-electron chi connectivity index (χ3n) is 3.26. The lowest BCUT2D eigenvalue weighted by atomic mass is 10.0. The maximum Gasteiger partial charge on any atom is 0.203 e. The summed E-state index contributed by atoms with van der Waals surface area (Å²) >= 11 is 3.43. The van der Waals surface area contributed by atoms with Crippen LogP contribution in [0.25, 0.3) is 11.6 Å². The summed E-state index contributed by atoms with van der Waals surface area (Å²) in [6, 6.07) is 13.5. The standard InChI is InChI=1S/C18H16BrNO3/c1-21-16-9-13(10-17(22-2)18(16)23-3)14(11-20)7-12-5-4-6-15(19)8-12/h4-10H,1-3H3/b14-7+. The molecule has 2 rings (SSSR count). The largest absolute Gasteiger partial charge is 0.493 e. The van der Waals surface area contributed by atoms with E-state index >= 15 is 0 Å². The average molecular weight is 374 g/mol. The quantitative estimate of drug-likeness (QED) is 0.570. The van der Waals surface area contributed by atoms with Gasteiger partial charge < -0.3 is 14.2 Å². The maximum absolute atomic E-state index is 9.52. The van der Waals surface area contributed by atoms with Gasteiger partial charge in [0, 0.05) is 4.47 Å². The molecule has 0 aliphatic heterocycles. The Morgan fingerprint density at radius 3 is 2.17 bits per heavy atom. The smallest absolute Gasteiger partial charge is 0.203 e. The van der Waals surface area contributed by atoms with Crippen LogP contribution >= 0.6 is 15.9 Å². The van der Waals surface area contributed by atoms with Crippen LogP contribution in [-0.2, 0) is 0 Å². The average Bonchev–Trinajstić information content (AvgIpc) is 2.58. The summed E-state index contributed by atoms with van der Waals surface area (Å²) < 4.78 is 16.9. The van der Waals surface area contributed by atoms with E-state index in [-0.39, 0.29) is 0 Å². The van der Waals surface area contributed by atoms with E-state index in [1.165, 1.54) is 0 Å². The van der Waals surface area contributed by atoms with E-state index in [1.807, 2.05) is 30.3 Å². The zero-order chi connectivity index (χ0) is 16.8. The Hall–Kier alpha value is -2.45. The fraction of sp³-hybridized carbons (Fsp3) is 0.167. The molecule has 2 aromatic rings. The predicted octanol–water partition coefficient (Wildman–Crippen LogP) is 4.54. The Balaban J connectivity index is 2.56. The molecule has 0 saturated carbocycles. The number of methoxy groups -OCH3 is 3. The van der Waals surface area contributed by atoms with Crippen molar-refractivity contribution in [2.75, 3.05) is 21.3 Å². The molecule has 23 heavy (non-hydrogen) atoms. The van der Waals surface area contributed by atoms with Crippen molar-refractivity contribution in [2.45, 2.75) is 0 Å². The van der Waals surface area contributed by atoms with Gasteiger partial charge in [0.1, 0.15) is 0 Å². The Morgan fingerprint density at radius 1 is 1.04 bits per heavy atom. The number of benzene rings is 2. The number of nitrogens with zero attached hydrogens (tertiary/aromatic N) is 1. The number of rotatable bonds is 5. The van der Waals surface area contributed by atoms with Crippen LogP contribution in [0.4, 0.5) is 0 Å². The summed E-state index contributed by atoms with van der Waals surface area (Å²) in [5, 5.41) is 9.52. The maximum atomic E-state index is 9.52. The summed E-state index contributed by atoms with van der Waals surface area (Å²) in [6.07, 6.45) is 1.81. The van der Waals surface area contributed by atoms with Crippen LogP contribution in [0.2, 0.25) is 0 Å². The van der Waals surface area contributed by atoms with Crippen LogP contribution in [0, 0.1) is 11.3 Å². The van der Waals surface area contributed by atoms with Gasteiger partial charge >= 0.3 is 0 Å². The molecule has 0 N–H and O–H groups in total. The molecule has 0 heterocycles. The molecule has 0 aliphatic carbocycles. The second kappa shape index (κ2) is 7.70. The van der Waals surface area contributed by atoms with Gasteiger partial charge in [-0.15, -0.1) is 0 Å². The lowest BCUT2D eigenvalue weighted by Crippen LogP contribution is -1.96. The number of halogens is 1. The van der Waals surface area contributed by atoms with Gasteiger partial charge in [0.15, 0.2) is 11.5 Å². The van der Waals surface area contributed by atoms with Gasteiger partial charge in [0.2, 0.25) is 5.75 Å². The van der Waals surface area contributed by atoms with Crippen LogP contribution in [0.3, 0.4) is 0 Å². The molecule has 0 aromatic heterocycles. The first kappa shape index (κ1) is 16.9. The van der Waals surface area contributed by atoms with Crippen molar-refractivity contribution in [1.82, 2.24) is 0 Å². The second-order valence-electron chi connectivity index (χ2n) is 4.64. The van der Waals surface area contributed by atoms with Crippen LogP contribution in [0.1, 0.15) is 11.1 Å². The molecule has 0 unspecified atom stereocenters. The van der Waals surface area contributed by atoms with Crippen molar-refractivity contribution in [3.63, 3.8) is 0 Å². The van der Waals surface area contributed by atoms with E-state index in [2.05, 4.69) is 22.0 Å². The molecule has 0 fully saturated rings. The molecule has 0 bridgehead atoms. The fourth-order valence-corrected chi connectivity index (χ4v) is 2.60. The molecule has 2 aromatic carbocycles. The van der Waals surface area contributed by atoms with E-state index in [0.29, 0.717) is 28.4 Å². The predicted molar refractivity (Wildman–Crippen MR) is 93.7 cm³/mol. The number of nitriles is 1. The van der Waals surface area contributed by atoms with Crippen molar-refractivity contribution < 1.29 is 14.2 Å². The van der Waals surface area contributed by atoms with E-state index in [4.69, 9.17) is 14.2 Å². The van der Waals surface area contributed by atoms with Gasteiger partial charge in [-0.3, -0.25) is 0 Å². The van der Waals surface area contributed by atoms with E-state index in [0.717, 1.165) is 10.0 Å². The summed E-state index contributed by atoms with van der Waals surface area (Å²) in [5.74, 6) is 1.52. The van der Waals surface area contributed by atoms with Gasteiger partial charge in [-0.2, -0.15) is 5.26 Å². The minimum Gasteiger partial charge on any atom is -0.493 e. The normalized spacial score (nSPS) is 10.8. The Bertz CT molecular complexity index is 753. The van der Waals surface area contributed by atoms with Gasteiger partial charge in [-0.25, -0.2) is 0 Å². The number of hydrogen-bond donors (Lipinski definition) is 0. The molecular formula is C18H16BrNO3. The van der Waals surface area contributed by atoms with Gasteiger partial charge in [-0.1, -0.05) is 28.1 Å². The lowest BCUT2D eigenvalue weighted by molar-refractivity contribution is 0.324. The number of hydrogen-bond acceptors (Lipinski definition) is 4. The molecule has 0 radical (unpaired) electrons. The first-order valence-electron chi connectivity index (χ1n) is 6.80. The molecule has 0 aliphatic rings. The Morgan fingerprint density at radius 2 is 1.70 bits per heavy atom. The lowest BCUT2D eigenvalue weighted by Gasteiger charge is -2.13. The summed E-state index contributed by atoms with van der Waals surface area (Å²) in [7, 11) is 4.64. The molecule has 0 atom stereocenters. The molecular weight excluding hydrogens is 358 g/mol. The topological polar surface area (TPSA) is 51.5 Å². The fourth-order valence-electron chi connectivity index (χ4n) is 2.18. The van der Waals surface area contributed by atoms with E-state index in [1.54, 1.807) is 33.5 Å². The van der Waals surface area contributed by atoms with Crippen LogP contribution in [0.5, 0.6) is 17.2 Å². The Kier molecular flexibility index (Phi) is 5.67. The van der Waals surface area contributed by atoms with E-state index in [9.17, 15) is 5.26 Å². The molecule has 4 nitrogen and oxygen atoms in total. The van der Waals surface area contributed by atoms with Crippen LogP contribution in [0.15, 0.2) is 40.9 Å². The van der Waals surface area contributed by atoms with Crippen molar-refractivity contribution in [3.8, 4) is 23.3 Å². The number of ether oxygens (including phenoxy) is 3. The minimum absolute atomic E-state index is 0.499. The van der Waals surface area contributed by atoms with Crippen molar-refractivity contribution in [2.24, 2.45) is 0 Å². The highest BCUT2D eigenvalue weighted by atomic mass is 79.9. The third-order valence-corrected chi connectivity index (χ3v) is 3.75. The molecule has 0 amide bonds. The van der Waals surface area contributed by atoms with Crippen molar-refractivity contribution in [1.29, 1.82) is 5.26 Å². The highest BCUT2D eigenvalue weighted by Crippen LogP contribution is 2.40. The molecule has 5 heteroatoms. The zero-order valence-corrected chi connectivity index (χ0v) is 14.7. The van der Waals surface area contributed by atoms with Gasteiger partial charge in [-0.05, 0) is 41.5 Å². The molecule has 118 valence electrons. The monoisotopic (exact) mass is 373 g/mol. The van der Waals surface area contributed by atoms with Gasteiger partial charge in [0.25, 0.3) is 0 Å².